The molecule has 0 amide bonds. The monoisotopic (exact) mass is 88.0 g/mol. The van der Waals surface area contributed by atoms with E-state index in [2.05, 4.69) is 11.8 Å². The van der Waals surface area contributed by atoms with Crippen molar-refractivity contribution in [1.82, 2.24) is 0 Å². The highest BCUT2D eigenvalue weighted by atomic mass is 16.5. The summed E-state index contributed by atoms with van der Waals surface area (Å²) in [5.41, 5.74) is 4.77. The van der Waals surface area contributed by atoms with Crippen LogP contribution in [0.15, 0.2) is 0 Å². The van der Waals surface area contributed by atoms with Gasteiger partial charge in [0.25, 0.3) is 0 Å². The Hall–Kier alpha value is -0.570. The van der Waals surface area contributed by atoms with E-state index in [-0.39, 0.29) is 6.54 Å². The van der Waals surface area contributed by atoms with Gasteiger partial charge in [-0.05, 0) is 0 Å². The van der Waals surface area contributed by atoms with E-state index in [0.29, 0.717) is 0 Å². The topological polar surface area (TPSA) is 52.3 Å². The lowest BCUT2D eigenvalue weighted by Gasteiger charge is -1.86. The van der Waals surface area contributed by atoms with Gasteiger partial charge in [-0.15, -0.1) is 0 Å². The van der Waals surface area contributed by atoms with Crippen molar-refractivity contribution in [2.75, 3.05) is 6.54 Å². The highest BCUT2D eigenvalue weighted by Crippen LogP contribution is 1.64. The smallest absolute Gasteiger partial charge is 0.319 e. The Kier molecular flexibility index (Phi) is 2.40. The van der Waals surface area contributed by atoms with Crippen LogP contribution in [0.2, 0.25) is 0 Å². The number of hydrogen-bond acceptors (Lipinski definition) is 3. The summed E-state index contributed by atoms with van der Waals surface area (Å²) >= 11 is 0. The van der Waals surface area contributed by atoms with Gasteiger partial charge in [0.05, 0.1) is 6.54 Å². The van der Waals surface area contributed by atoms with Gasteiger partial charge in [0.15, 0.2) is 0 Å². The van der Waals surface area contributed by atoms with Crippen molar-refractivity contribution in [2.45, 2.75) is 0 Å². The van der Waals surface area contributed by atoms with Crippen LogP contribution in [0.4, 0.5) is 0 Å². The molecule has 0 aliphatic rings. The van der Waals surface area contributed by atoms with Crippen LogP contribution in [0.3, 0.4) is 0 Å². The number of rotatable bonds is 1. The van der Waals surface area contributed by atoms with Gasteiger partial charge in [0, 0.05) is 0 Å². The second kappa shape index (κ2) is 2.66. The van der Waals surface area contributed by atoms with Crippen LogP contribution in [0.1, 0.15) is 0 Å². The van der Waals surface area contributed by atoms with Crippen molar-refractivity contribution in [3.05, 3.63) is 7.11 Å². The molecule has 0 rings (SSSR count). The number of ether oxygens (including phenoxy) is 1. The minimum absolute atomic E-state index is 0.0938. The maximum Gasteiger partial charge on any atom is 0.319 e. The Balaban J connectivity index is 2.99. The molecule has 0 fully saturated rings. The van der Waals surface area contributed by atoms with Crippen molar-refractivity contribution in [1.29, 1.82) is 0 Å². The first-order chi connectivity index (χ1) is 2.81. The van der Waals surface area contributed by atoms with Crippen LogP contribution in [0, 0.1) is 7.11 Å². The van der Waals surface area contributed by atoms with Gasteiger partial charge in [0.1, 0.15) is 7.11 Å². The van der Waals surface area contributed by atoms with E-state index in [1.165, 1.54) is 0 Å². The highest BCUT2D eigenvalue weighted by molar-refractivity contribution is 5.71. The molecule has 0 atom stereocenters. The second-order valence-corrected chi connectivity index (χ2v) is 0.720. The Morgan fingerprint density at radius 2 is 2.50 bits per heavy atom. The van der Waals surface area contributed by atoms with Gasteiger partial charge in [-0.25, -0.2) is 0 Å². The van der Waals surface area contributed by atoms with Crippen LogP contribution in [-0.4, -0.2) is 12.5 Å². The van der Waals surface area contributed by atoms with Crippen LogP contribution in [-0.2, 0) is 9.53 Å². The molecule has 0 heterocycles. The standard InChI is InChI=1S/C3H6NO2/c1-6-3(5)2-4/h1-2,4H2. The molecule has 0 saturated carbocycles. The largest absolute Gasteiger partial charge is 0.461 e. The van der Waals surface area contributed by atoms with Crippen LogP contribution >= 0.6 is 0 Å². The lowest BCUT2D eigenvalue weighted by molar-refractivity contribution is -0.136. The molecule has 3 nitrogen and oxygen atoms in total. The molecule has 35 valence electrons. The minimum Gasteiger partial charge on any atom is -0.461 e. The molecule has 6 heavy (non-hydrogen) atoms. The molecule has 0 aliphatic heterocycles. The zero-order valence-corrected chi connectivity index (χ0v) is 3.31. The van der Waals surface area contributed by atoms with Gasteiger partial charge in [-0.2, -0.15) is 0 Å². The third-order valence-electron chi connectivity index (χ3n) is 0.328. The molecule has 0 bridgehead atoms. The van der Waals surface area contributed by atoms with Crippen LogP contribution in [0.25, 0.3) is 0 Å². The molecule has 0 aliphatic carbocycles. The van der Waals surface area contributed by atoms with E-state index >= 15 is 0 Å². The molecule has 0 aromatic heterocycles. The molecule has 0 aromatic carbocycles. The molecule has 0 unspecified atom stereocenters. The van der Waals surface area contributed by atoms with E-state index < -0.39 is 5.97 Å². The van der Waals surface area contributed by atoms with Gasteiger partial charge >= 0.3 is 5.97 Å². The number of nitrogens with two attached hydrogens (primary N) is 1. The first-order valence-corrected chi connectivity index (χ1v) is 1.46. The molecule has 0 aromatic rings. The van der Waals surface area contributed by atoms with E-state index in [1.54, 1.807) is 0 Å². The number of carbonyl (C=O) groups excluding carboxylic acids is 1. The lowest BCUT2D eigenvalue weighted by Crippen LogP contribution is -2.13. The number of carbonyl (C=O) groups is 1. The van der Waals surface area contributed by atoms with Crippen molar-refractivity contribution in [3.8, 4) is 0 Å². The predicted octanol–water partition coefficient (Wildman–Crippen LogP) is -0.720. The van der Waals surface area contributed by atoms with Crippen molar-refractivity contribution in [2.24, 2.45) is 5.73 Å². The average Bonchev–Trinajstić information content (AvgIpc) is 1.65. The predicted molar refractivity (Wildman–Crippen MR) is 20.5 cm³/mol. The van der Waals surface area contributed by atoms with Crippen LogP contribution < -0.4 is 5.73 Å². The maximum absolute atomic E-state index is 9.77. The minimum atomic E-state index is -0.491. The zero-order chi connectivity index (χ0) is 4.99. The molecule has 3 heteroatoms. The van der Waals surface area contributed by atoms with Gasteiger partial charge in [-0.3, -0.25) is 4.79 Å². The summed E-state index contributed by atoms with van der Waals surface area (Å²) in [6.45, 7) is -0.0938. The maximum atomic E-state index is 9.77. The fourth-order valence-electron chi connectivity index (χ4n) is 0.0589. The average molecular weight is 88.1 g/mol. The molecule has 0 spiro atoms. The quantitative estimate of drug-likeness (QED) is 0.430. The Morgan fingerprint density at radius 3 is 2.50 bits per heavy atom. The van der Waals surface area contributed by atoms with Crippen molar-refractivity contribution in [3.63, 3.8) is 0 Å². The first-order valence-electron chi connectivity index (χ1n) is 1.46. The lowest BCUT2D eigenvalue weighted by atomic mass is 10.7. The Labute approximate surface area is 36.1 Å². The first kappa shape index (κ1) is 5.43. The summed E-state index contributed by atoms with van der Waals surface area (Å²) in [6, 6.07) is 0. The second-order valence-electron chi connectivity index (χ2n) is 0.720. The van der Waals surface area contributed by atoms with Crippen molar-refractivity contribution < 1.29 is 9.53 Å². The molecular weight excluding hydrogens is 82.0 g/mol. The summed E-state index contributed by atoms with van der Waals surface area (Å²) < 4.78 is 3.89. The fraction of sp³-hybridized carbons (Fsp3) is 0.333. The zero-order valence-electron chi connectivity index (χ0n) is 3.31. The third kappa shape index (κ3) is 1.72. The molecular formula is C3H6NO2. The summed E-state index contributed by atoms with van der Waals surface area (Å²) in [4.78, 5) is 9.77. The fourth-order valence-corrected chi connectivity index (χ4v) is 0.0589. The Bertz CT molecular complexity index is 46.8. The number of hydrogen-bond donors (Lipinski definition) is 1. The van der Waals surface area contributed by atoms with Gasteiger partial charge < -0.3 is 10.5 Å². The summed E-state index contributed by atoms with van der Waals surface area (Å²) in [5, 5.41) is 0. The Morgan fingerprint density at radius 1 is 2.00 bits per heavy atom. The van der Waals surface area contributed by atoms with Gasteiger partial charge in [0.2, 0.25) is 0 Å². The molecule has 2 N–H and O–H groups in total. The normalized spacial score (nSPS) is 7.67. The third-order valence-corrected chi connectivity index (χ3v) is 0.328. The summed E-state index contributed by atoms with van der Waals surface area (Å²) in [6.07, 6.45) is 0. The number of esters is 1. The van der Waals surface area contributed by atoms with E-state index in [1.807, 2.05) is 0 Å². The van der Waals surface area contributed by atoms with E-state index in [0.717, 1.165) is 0 Å². The van der Waals surface area contributed by atoms with E-state index in [4.69, 9.17) is 5.73 Å². The van der Waals surface area contributed by atoms with Gasteiger partial charge in [-0.1, -0.05) is 0 Å². The van der Waals surface area contributed by atoms with Crippen molar-refractivity contribution >= 4 is 5.97 Å². The summed E-state index contributed by atoms with van der Waals surface area (Å²) in [5.74, 6) is -0.491. The van der Waals surface area contributed by atoms with Crippen LogP contribution in [0.5, 0.6) is 0 Å². The van der Waals surface area contributed by atoms with E-state index in [9.17, 15) is 4.79 Å². The summed E-state index contributed by atoms with van der Waals surface area (Å²) in [7, 11) is 2.83. The SMILES string of the molecule is [CH2]OC(=O)CN. The molecule has 1 radical (unpaired) electrons. The molecule has 0 saturated heterocycles. The highest BCUT2D eigenvalue weighted by Gasteiger charge is 1.88.